The average Bonchev–Trinajstić information content (AvgIpc) is 3.88. The highest BCUT2D eigenvalue weighted by Crippen LogP contribution is 2.48. The Balaban J connectivity index is 1.22. The number of para-hydroxylation sites is 2. The fraction of sp³-hybridized carbons (Fsp3) is 0.0833. The van der Waals surface area contributed by atoms with Crippen LogP contribution in [0.25, 0.3) is 67.2 Å². The van der Waals surface area contributed by atoms with E-state index in [4.69, 9.17) is 8.83 Å². The third kappa shape index (κ3) is 4.40. The van der Waals surface area contributed by atoms with Gasteiger partial charge in [-0.25, -0.2) is 0 Å². The lowest BCUT2D eigenvalue weighted by molar-refractivity contribution is 0.546. The van der Waals surface area contributed by atoms with Crippen LogP contribution in [-0.2, 0) is 12.8 Å². The van der Waals surface area contributed by atoms with E-state index >= 15 is 0 Å². The van der Waals surface area contributed by atoms with Crippen LogP contribution < -0.4 is 4.90 Å². The molecule has 0 spiro atoms. The largest absolute Gasteiger partial charge is 0.460 e. The number of hydrogen-bond donors (Lipinski definition) is 0. The summed E-state index contributed by atoms with van der Waals surface area (Å²) in [4.78, 5) is 2.43. The van der Waals surface area contributed by atoms with Crippen LogP contribution in [-0.4, -0.2) is 4.57 Å². The molecule has 4 nitrogen and oxygen atoms in total. The monoisotopic (exact) mass is 670 g/mol. The molecule has 4 heteroatoms. The standard InChI is InChI=1S/C48H34N2O2/c1-3-13-31(14-4-1)32-25-27-39-37(29-32)38-30-34(26-28-40(38)49(39)33-15-5-2-6-16-33)50(41-19-11-23-45-47(41)35-17-7-9-21-43(35)51-45)42-20-12-24-46-48(42)36-18-8-10-22-44(36)52-46/h1-9,11-21,23-24,26,28-30H,10,22,25,27H2. The summed E-state index contributed by atoms with van der Waals surface area (Å²) < 4.78 is 15.5. The van der Waals surface area contributed by atoms with E-state index in [9.17, 15) is 0 Å². The smallest absolute Gasteiger partial charge is 0.137 e. The number of allylic oxidation sites excluding steroid dienone is 2. The number of anilines is 3. The van der Waals surface area contributed by atoms with Gasteiger partial charge in [-0.05, 0) is 97.1 Å². The van der Waals surface area contributed by atoms with E-state index in [0.29, 0.717) is 0 Å². The predicted molar refractivity (Wildman–Crippen MR) is 215 cm³/mol. The summed E-state index contributed by atoms with van der Waals surface area (Å²) in [5.74, 6) is 1.06. The highest BCUT2D eigenvalue weighted by Gasteiger charge is 2.27. The van der Waals surface area contributed by atoms with E-state index < -0.39 is 0 Å². The lowest BCUT2D eigenvalue weighted by Gasteiger charge is -2.27. The number of benzene rings is 6. The van der Waals surface area contributed by atoms with Gasteiger partial charge >= 0.3 is 0 Å². The Hall–Kier alpha value is -6.52. The van der Waals surface area contributed by atoms with E-state index in [-0.39, 0.29) is 0 Å². The second-order valence-corrected chi connectivity index (χ2v) is 13.9. The highest BCUT2D eigenvalue weighted by molar-refractivity contribution is 6.15. The topological polar surface area (TPSA) is 34.5 Å². The van der Waals surface area contributed by atoms with Gasteiger partial charge in [-0.2, -0.15) is 0 Å². The van der Waals surface area contributed by atoms with Gasteiger partial charge in [0.05, 0.1) is 27.7 Å². The van der Waals surface area contributed by atoms with E-state index in [2.05, 4.69) is 161 Å². The van der Waals surface area contributed by atoms with Crippen LogP contribution in [0.5, 0.6) is 0 Å². The summed E-state index contributed by atoms with van der Waals surface area (Å²) in [5, 5.41) is 4.57. The first-order valence-corrected chi connectivity index (χ1v) is 18.2. The van der Waals surface area contributed by atoms with Gasteiger partial charge in [0.2, 0.25) is 0 Å². The maximum absolute atomic E-state index is 6.54. The predicted octanol–water partition coefficient (Wildman–Crippen LogP) is 13.2. The van der Waals surface area contributed by atoms with Crippen molar-refractivity contribution >= 4 is 78.6 Å². The molecule has 248 valence electrons. The number of nitrogens with zero attached hydrogens (tertiary/aromatic N) is 2. The molecule has 0 saturated heterocycles. The van der Waals surface area contributed by atoms with Crippen LogP contribution >= 0.6 is 0 Å². The molecular weight excluding hydrogens is 637 g/mol. The minimum Gasteiger partial charge on any atom is -0.460 e. The Morgan fingerprint density at radius 2 is 1.29 bits per heavy atom. The van der Waals surface area contributed by atoms with Gasteiger partial charge in [0.1, 0.15) is 22.5 Å². The molecule has 9 aromatic rings. The van der Waals surface area contributed by atoms with E-state index in [0.717, 1.165) is 81.4 Å². The first kappa shape index (κ1) is 29.2. The number of aromatic nitrogens is 1. The molecule has 0 N–H and O–H groups in total. The lowest BCUT2D eigenvalue weighted by atomic mass is 9.91. The molecule has 0 fully saturated rings. The fourth-order valence-electron chi connectivity index (χ4n) is 8.67. The number of hydrogen-bond acceptors (Lipinski definition) is 3. The molecule has 3 aromatic heterocycles. The Bertz CT molecular complexity index is 2900. The third-order valence-corrected chi connectivity index (χ3v) is 11.0. The molecule has 0 amide bonds. The molecule has 0 atom stereocenters. The maximum Gasteiger partial charge on any atom is 0.137 e. The second-order valence-electron chi connectivity index (χ2n) is 13.9. The van der Waals surface area contributed by atoms with Crippen molar-refractivity contribution in [1.29, 1.82) is 0 Å². The SMILES string of the molecule is C1=Cc2c(oc3cccc(N(c4ccc5c(c4)c4c(n5-c5ccccc5)CCC(c5ccccc5)=C4)c4cccc5oc6ccccc6c45)c23)CC1. The summed E-state index contributed by atoms with van der Waals surface area (Å²) in [6.07, 6.45) is 10.8. The van der Waals surface area contributed by atoms with Gasteiger partial charge in [0, 0.05) is 45.4 Å². The van der Waals surface area contributed by atoms with Crippen LogP contribution in [0.15, 0.2) is 154 Å². The molecule has 11 rings (SSSR count). The summed E-state index contributed by atoms with van der Waals surface area (Å²) in [7, 11) is 0. The zero-order valence-corrected chi connectivity index (χ0v) is 28.6. The van der Waals surface area contributed by atoms with Crippen molar-refractivity contribution in [2.24, 2.45) is 0 Å². The number of fused-ring (bicyclic) bond motifs is 9. The summed E-state index contributed by atoms with van der Waals surface area (Å²) in [6, 6.07) is 49.9. The van der Waals surface area contributed by atoms with E-state index in [1.54, 1.807) is 0 Å². The molecule has 0 aliphatic heterocycles. The first-order valence-electron chi connectivity index (χ1n) is 18.2. The zero-order chi connectivity index (χ0) is 34.2. The Morgan fingerprint density at radius 3 is 2.13 bits per heavy atom. The Morgan fingerprint density at radius 1 is 0.558 bits per heavy atom. The fourth-order valence-corrected chi connectivity index (χ4v) is 8.67. The lowest BCUT2D eigenvalue weighted by Crippen LogP contribution is -2.11. The van der Waals surface area contributed by atoms with Gasteiger partial charge in [-0.15, -0.1) is 0 Å². The average molecular weight is 671 g/mol. The summed E-state index contributed by atoms with van der Waals surface area (Å²) >= 11 is 0. The van der Waals surface area contributed by atoms with Crippen LogP contribution in [0, 0.1) is 0 Å². The minimum absolute atomic E-state index is 0.870. The molecule has 0 saturated carbocycles. The maximum atomic E-state index is 6.54. The van der Waals surface area contributed by atoms with E-state index in [1.807, 2.05) is 6.07 Å². The van der Waals surface area contributed by atoms with Crippen LogP contribution in [0.4, 0.5) is 17.1 Å². The Kier molecular flexibility index (Phi) is 6.47. The van der Waals surface area contributed by atoms with Crippen LogP contribution in [0.2, 0.25) is 0 Å². The normalized spacial score (nSPS) is 13.9. The Labute approximate surface area is 301 Å². The third-order valence-electron chi connectivity index (χ3n) is 11.0. The molecule has 52 heavy (non-hydrogen) atoms. The van der Waals surface area contributed by atoms with Crippen molar-refractivity contribution in [2.45, 2.75) is 25.7 Å². The molecule has 2 aliphatic rings. The molecule has 0 unspecified atom stereocenters. The zero-order valence-electron chi connectivity index (χ0n) is 28.6. The number of furan rings is 2. The molecule has 2 aliphatic carbocycles. The van der Waals surface area contributed by atoms with E-state index in [1.165, 1.54) is 44.5 Å². The quantitative estimate of drug-likeness (QED) is 0.183. The molecular formula is C48H34N2O2. The molecule has 6 aromatic carbocycles. The van der Waals surface area contributed by atoms with Gasteiger partial charge in [0.25, 0.3) is 0 Å². The molecule has 0 bridgehead atoms. The summed E-state index contributed by atoms with van der Waals surface area (Å²) in [6.45, 7) is 0. The molecule has 3 heterocycles. The summed E-state index contributed by atoms with van der Waals surface area (Å²) in [5.41, 5.74) is 14.8. The van der Waals surface area contributed by atoms with Gasteiger partial charge in [-0.1, -0.05) is 91.0 Å². The molecule has 0 radical (unpaired) electrons. The van der Waals surface area contributed by atoms with Gasteiger partial charge in [0.15, 0.2) is 0 Å². The van der Waals surface area contributed by atoms with Gasteiger partial charge in [-0.3, -0.25) is 0 Å². The number of rotatable bonds is 5. The first-order chi connectivity index (χ1) is 25.8. The van der Waals surface area contributed by atoms with Crippen molar-refractivity contribution in [3.8, 4) is 5.69 Å². The van der Waals surface area contributed by atoms with Crippen LogP contribution in [0.1, 0.15) is 41.0 Å². The highest BCUT2D eigenvalue weighted by atomic mass is 16.3. The van der Waals surface area contributed by atoms with Crippen LogP contribution in [0.3, 0.4) is 0 Å². The second kappa shape index (κ2) is 11.5. The number of aryl methyl sites for hydroxylation is 1. The van der Waals surface area contributed by atoms with Crippen molar-refractivity contribution < 1.29 is 8.83 Å². The van der Waals surface area contributed by atoms with Crippen molar-refractivity contribution in [1.82, 2.24) is 4.57 Å². The van der Waals surface area contributed by atoms with Crippen molar-refractivity contribution in [3.63, 3.8) is 0 Å². The van der Waals surface area contributed by atoms with Crippen molar-refractivity contribution in [3.05, 3.63) is 174 Å². The minimum atomic E-state index is 0.870. The van der Waals surface area contributed by atoms with Gasteiger partial charge < -0.3 is 18.3 Å². The van der Waals surface area contributed by atoms with Crippen molar-refractivity contribution in [2.75, 3.05) is 4.90 Å².